The molecule has 0 saturated carbocycles. The Morgan fingerprint density at radius 2 is 1.85 bits per heavy atom. The van der Waals surface area contributed by atoms with Crippen LogP contribution in [0.4, 0.5) is 17.6 Å². The highest BCUT2D eigenvalue weighted by atomic mass is 35.5. The second-order valence-electron chi connectivity index (χ2n) is 2.41. The van der Waals surface area contributed by atoms with Gasteiger partial charge in [-0.15, -0.1) is 11.6 Å². The molecule has 0 spiro atoms. The molecule has 0 aromatic heterocycles. The van der Waals surface area contributed by atoms with Gasteiger partial charge in [0.15, 0.2) is 0 Å². The van der Waals surface area contributed by atoms with E-state index < -0.39 is 17.6 Å². The molecule has 1 rings (SSSR count). The van der Waals surface area contributed by atoms with Crippen LogP contribution in [0.25, 0.3) is 0 Å². The highest BCUT2D eigenvalue weighted by Crippen LogP contribution is 2.32. The quantitative estimate of drug-likeness (QED) is 0.493. The Morgan fingerprint density at radius 1 is 1.23 bits per heavy atom. The number of benzene rings is 1. The van der Waals surface area contributed by atoms with Crippen LogP contribution in [0.3, 0.4) is 0 Å². The normalized spacial score (nSPS) is 11.8. The van der Waals surface area contributed by atoms with E-state index in [-0.39, 0.29) is 11.4 Å². The summed E-state index contributed by atoms with van der Waals surface area (Å²) in [5.74, 6) is -1.56. The summed E-state index contributed by atoms with van der Waals surface area (Å²) in [5, 5.41) is 0. The lowest BCUT2D eigenvalue weighted by molar-refractivity contribution is -0.140. The predicted molar refractivity (Wildman–Crippen MR) is 41.0 cm³/mol. The van der Waals surface area contributed by atoms with Gasteiger partial charge in [0.25, 0.3) is 0 Å². The average Bonchev–Trinajstić information content (AvgIpc) is 2.02. The molecule has 1 aromatic rings. The van der Waals surface area contributed by atoms with E-state index in [4.69, 9.17) is 11.6 Å². The summed E-state index contributed by atoms with van der Waals surface area (Å²) < 4.78 is 49.2. The fourth-order valence-corrected chi connectivity index (χ4v) is 1.11. The molecule has 0 heterocycles. The van der Waals surface area contributed by atoms with Crippen LogP contribution in [0.5, 0.6) is 0 Å². The monoisotopic (exact) mass is 212 g/mol. The van der Waals surface area contributed by atoms with Crippen molar-refractivity contribution in [1.82, 2.24) is 0 Å². The summed E-state index contributed by atoms with van der Waals surface area (Å²) >= 11 is 5.25. The van der Waals surface area contributed by atoms with Gasteiger partial charge in [-0.3, -0.25) is 0 Å². The molecule has 0 aliphatic carbocycles. The molecule has 13 heavy (non-hydrogen) atoms. The molecule has 0 atom stereocenters. The molecule has 0 unspecified atom stereocenters. The van der Waals surface area contributed by atoms with Crippen LogP contribution in [0.2, 0.25) is 0 Å². The van der Waals surface area contributed by atoms with Crippen LogP contribution in [0.15, 0.2) is 18.2 Å². The summed E-state index contributed by atoms with van der Waals surface area (Å²) in [5.41, 5.74) is -1.41. The molecule has 0 radical (unpaired) electrons. The molecular weight excluding hydrogens is 208 g/mol. The molecule has 0 saturated heterocycles. The minimum absolute atomic E-state index is 0.142. The van der Waals surface area contributed by atoms with Crippen molar-refractivity contribution in [3.05, 3.63) is 35.1 Å². The lowest BCUT2D eigenvalue weighted by Gasteiger charge is -2.09. The van der Waals surface area contributed by atoms with Gasteiger partial charge in [0, 0.05) is 5.56 Å². The van der Waals surface area contributed by atoms with Crippen molar-refractivity contribution in [2.75, 3.05) is 0 Å². The first-order valence-electron chi connectivity index (χ1n) is 3.37. The molecule has 5 heteroatoms. The number of rotatable bonds is 1. The molecule has 0 N–H and O–H groups in total. The second kappa shape index (κ2) is 3.54. The Morgan fingerprint density at radius 3 is 2.31 bits per heavy atom. The predicted octanol–water partition coefficient (Wildman–Crippen LogP) is 3.58. The number of halogens is 5. The molecule has 0 amide bonds. The van der Waals surface area contributed by atoms with Crippen LogP contribution >= 0.6 is 11.6 Å². The van der Waals surface area contributed by atoms with Gasteiger partial charge in [-0.25, -0.2) is 4.39 Å². The standard InChI is InChI=1S/C8H5ClF4/c9-4-5-2-1-3-6(7(5)10)8(11,12)13/h1-3H,4H2. The zero-order valence-electron chi connectivity index (χ0n) is 6.33. The highest BCUT2D eigenvalue weighted by Gasteiger charge is 2.34. The van der Waals surface area contributed by atoms with Gasteiger partial charge in [-0.05, 0) is 6.07 Å². The molecular formula is C8H5ClF4. The van der Waals surface area contributed by atoms with Gasteiger partial charge < -0.3 is 0 Å². The van der Waals surface area contributed by atoms with Crippen molar-refractivity contribution in [2.24, 2.45) is 0 Å². The van der Waals surface area contributed by atoms with E-state index >= 15 is 0 Å². The maximum absolute atomic E-state index is 13.0. The van der Waals surface area contributed by atoms with Crippen LogP contribution < -0.4 is 0 Å². The number of hydrogen-bond donors (Lipinski definition) is 0. The van der Waals surface area contributed by atoms with Crippen LogP contribution in [-0.4, -0.2) is 0 Å². The summed E-state index contributed by atoms with van der Waals surface area (Å²) in [7, 11) is 0. The van der Waals surface area contributed by atoms with E-state index in [9.17, 15) is 17.6 Å². The smallest absolute Gasteiger partial charge is 0.206 e. The fraction of sp³-hybridized carbons (Fsp3) is 0.250. The van der Waals surface area contributed by atoms with E-state index in [1.54, 1.807) is 0 Å². The molecule has 0 nitrogen and oxygen atoms in total. The van der Waals surface area contributed by atoms with Crippen molar-refractivity contribution in [3.8, 4) is 0 Å². The van der Waals surface area contributed by atoms with Crippen molar-refractivity contribution < 1.29 is 17.6 Å². The lowest BCUT2D eigenvalue weighted by atomic mass is 10.1. The van der Waals surface area contributed by atoms with Gasteiger partial charge in [-0.2, -0.15) is 13.2 Å². The minimum atomic E-state index is -4.66. The van der Waals surface area contributed by atoms with E-state index in [0.29, 0.717) is 6.07 Å². The Hall–Kier alpha value is -0.770. The van der Waals surface area contributed by atoms with E-state index in [1.165, 1.54) is 6.07 Å². The Kier molecular flexibility index (Phi) is 2.81. The largest absolute Gasteiger partial charge is 0.419 e. The first-order valence-corrected chi connectivity index (χ1v) is 3.91. The number of alkyl halides is 4. The highest BCUT2D eigenvalue weighted by molar-refractivity contribution is 6.17. The third-order valence-corrected chi connectivity index (χ3v) is 1.82. The van der Waals surface area contributed by atoms with Gasteiger partial charge in [-0.1, -0.05) is 12.1 Å². The van der Waals surface area contributed by atoms with Crippen molar-refractivity contribution in [2.45, 2.75) is 12.1 Å². The third-order valence-electron chi connectivity index (χ3n) is 1.53. The summed E-state index contributed by atoms with van der Waals surface area (Å²) in [6, 6.07) is 3.03. The summed E-state index contributed by atoms with van der Waals surface area (Å²) in [6.45, 7) is 0. The maximum atomic E-state index is 13.0. The average molecular weight is 213 g/mol. The van der Waals surface area contributed by atoms with Gasteiger partial charge in [0.2, 0.25) is 0 Å². The minimum Gasteiger partial charge on any atom is -0.206 e. The molecule has 1 aromatic carbocycles. The summed E-state index contributed by atoms with van der Waals surface area (Å²) in [6.07, 6.45) is -4.66. The molecule has 0 aliphatic rings. The second-order valence-corrected chi connectivity index (χ2v) is 2.68. The molecule has 72 valence electrons. The Balaban J connectivity index is 3.24. The van der Waals surface area contributed by atoms with Crippen LogP contribution in [0, 0.1) is 5.82 Å². The summed E-state index contributed by atoms with van der Waals surface area (Å²) in [4.78, 5) is 0. The van der Waals surface area contributed by atoms with Crippen LogP contribution in [0.1, 0.15) is 11.1 Å². The fourth-order valence-electron chi connectivity index (χ4n) is 0.902. The van der Waals surface area contributed by atoms with Crippen molar-refractivity contribution >= 4 is 11.6 Å². The zero-order valence-corrected chi connectivity index (χ0v) is 7.08. The topological polar surface area (TPSA) is 0 Å². The maximum Gasteiger partial charge on any atom is 0.419 e. The van der Waals surface area contributed by atoms with E-state index in [0.717, 1.165) is 6.07 Å². The SMILES string of the molecule is Fc1c(CCl)cccc1C(F)(F)F. The van der Waals surface area contributed by atoms with Crippen molar-refractivity contribution in [3.63, 3.8) is 0 Å². The molecule has 0 aliphatic heterocycles. The molecule has 0 fully saturated rings. The van der Waals surface area contributed by atoms with E-state index in [1.807, 2.05) is 0 Å². The van der Waals surface area contributed by atoms with E-state index in [2.05, 4.69) is 0 Å². The Labute approximate surface area is 77.1 Å². The number of hydrogen-bond acceptors (Lipinski definition) is 0. The molecule has 0 bridgehead atoms. The van der Waals surface area contributed by atoms with Crippen molar-refractivity contribution in [1.29, 1.82) is 0 Å². The van der Waals surface area contributed by atoms with Gasteiger partial charge >= 0.3 is 6.18 Å². The third kappa shape index (κ3) is 2.12. The van der Waals surface area contributed by atoms with Crippen LogP contribution in [-0.2, 0) is 12.1 Å². The first kappa shape index (κ1) is 10.3. The Bertz CT molecular complexity index is 306. The lowest BCUT2D eigenvalue weighted by Crippen LogP contribution is -2.09. The zero-order chi connectivity index (χ0) is 10.1. The first-order chi connectivity index (χ1) is 5.96. The van der Waals surface area contributed by atoms with Gasteiger partial charge in [0.05, 0.1) is 11.4 Å². The van der Waals surface area contributed by atoms with Gasteiger partial charge in [0.1, 0.15) is 5.82 Å².